The Morgan fingerprint density at radius 2 is 1.91 bits per heavy atom. The molecular formula is C9H18OSi. The second kappa shape index (κ2) is 4.49. The summed E-state index contributed by atoms with van der Waals surface area (Å²) in [4.78, 5) is 10.3. The van der Waals surface area contributed by atoms with Crippen molar-refractivity contribution in [3.05, 3.63) is 12.2 Å². The molecule has 0 aromatic rings. The highest BCUT2D eigenvalue weighted by molar-refractivity contribution is 6.78. The average molecular weight is 170 g/mol. The van der Waals surface area contributed by atoms with Crippen LogP contribution < -0.4 is 0 Å². The molecule has 0 radical (unpaired) electrons. The number of allylic oxidation sites excluding steroid dienone is 2. The van der Waals surface area contributed by atoms with Gasteiger partial charge in [-0.3, -0.25) is 0 Å². The van der Waals surface area contributed by atoms with E-state index in [1.54, 1.807) is 0 Å². The van der Waals surface area contributed by atoms with Gasteiger partial charge in [-0.05, 0) is 12.5 Å². The Labute approximate surface area is 70.5 Å². The second-order valence-electron chi connectivity index (χ2n) is 3.90. The lowest BCUT2D eigenvalue weighted by molar-refractivity contribution is -0.107. The van der Waals surface area contributed by atoms with Crippen molar-refractivity contribution in [3.8, 4) is 0 Å². The Kier molecular flexibility index (Phi) is 4.34. The SMILES string of the molecule is C/C=C/[C@@H](CC=O)[Si](C)(C)C. The van der Waals surface area contributed by atoms with Crippen LogP contribution in [0.25, 0.3) is 0 Å². The summed E-state index contributed by atoms with van der Waals surface area (Å²) in [6.07, 6.45) is 5.94. The fraction of sp³-hybridized carbons (Fsp3) is 0.667. The van der Waals surface area contributed by atoms with Gasteiger partial charge in [0.05, 0.1) is 8.07 Å². The van der Waals surface area contributed by atoms with E-state index < -0.39 is 8.07 Å². The number of aldehydes is 1. The van der Waals surface area contributed by atoms with E-state index in [0.29, 0.717) is 12.0 Å². The molecule has 0 spiro atoms. The molecule has 0 aromatic carbocycles. The Balaban J connectivity index is 4.20. The fourth-order valence-electron chi connectivity index (χ4n) is 1.06. The van der Waals surface area contributed by atoms with Gasteiger partial charge in [0.25, 0.3) is 0 Å². The Bertz CT molecular complexity index is 144. The molecule has 11 heavy (non-hydrogen) atoms. The molecule has 0 aliphatic rings. The van der Waals surface area contributed by atoms with Crippen molar-refractivity contribution in [2.45, 2.75) is 38.5 Å². The molecule has 1 atom stereocenters. The summed E-state index contributed by atoms with van der Waals surface area (Å²) < 4.78 is 0. The lowest BCUT2D eigenvalue weighted by Crippen LogP contribution is -2.27. The van der Waals surface area contributed by atoms with Gasteiger partial charge in [-0.1, -0.05) is 31.8 Å². The van der Waals surface area contributed by atoms with E-state index in [0.717, 1.165) is 6.29 Å². The van der Waals surface area contributed by atoms with Gasteiger partial charge in [0.15, 0.2) is 0 Å². The first-order valence-corrected chi connectivity index (χ1v) is 7.66. The van der Waals surface area contributed by atoms with Crippen LogP contribution in [0.5, 0.6) is 0 Å². The summed E-state index contributed by atoms with van der Waals surface area (Å²) in [5.74, 6) is 0. The highest BCUT2D eigenvalue weighted by Crippen LogP contribution is 2.25. The minimum Gasteiger partial charge on any atom is -0.303 e. The molecule has 0 heterocycles. The first-order valence-electron chi connectivity index (χ1n) is 4.08. The minimum atomic E-state index is -1.15. The number of carbonyl (C=O) groups excluding carboxylic acids is 1. The zero-order valence-electron chi connectivity index (χ0n) is 7.92. The van der Waals surface area contributed by atoms with Gasteiger partial charge in [0, 0.05) is 6.42 Å². The van der Waals surface area contributed by atoms with Crippen molar-refractivity contribution in [1.29, 1.82) is 0 Å². The minimum absolute atomic E-state index is 0.519. The van der Waals surface area contributed by atoms with Crippen LogP contribution in [0.2, 0.25) is 25.2 Å². The predicted molar refractivity (Wildman–Crippen MR) is 52.6 cm³/mol. The third-order valence-electron chi connectivity index (χ3n) is 1.89. The van der Waals surface area contributed by atoms with E-state index in [1.807, 2.05) is 13.0 Å². The van der Waals surface area contributed by atoms with Crippen molar-refractivity contribution < 1.29 is 4.79 Å². The maximum absolute atomic E-state index is 10.3. The summed E-state index contributed by atoms with van der Waals surface area (Å²) in [6, 6.07) is 0. The van der Waals surface area contributed by atoms with Gasteiger partial charge < -0.3 is 4.79 Å². The molecule has 0 aromatic heterocycles. The van der Waals surface area contributed by atoms with Crippen LogP contribution in [0.15, 0.2) is 12.2 Å². The Morgan fingerprint density at radius 3 is 2.18 bits per heavy atom. The fourth-order valence-corrected chi connectivity index (χ4v) is 2.63. The highest BCUT2D eigenvalue weighted by atomic mass is 28.3. The standard InChI is InChI=1S/C9H18OSi/c1-5-6-9(7-8-10)11(2,3)4/h5-6,8-9H,7H2,1-4H3/b6-5+/t9-/m0/s1. The zero-order valence-corrected chi connectivity index (χ0v) is 8.92. The van der Waals surface area contributed by atoms with E-state index >= 15 is 0 Å². The maximum atomic E-state index is 10.3. The summed E-state index contributed by atoms with van der Waals surface area (Å²) in [5, 5.41) is 0. The van der Waals surface area contributed by atoms with Crippen molar-refractivity contribution in [3.63, 3.8) is 0 Å². The molecule has 1 nitrogen and oxygen atoms in total. The van der Waals surface area contributed by atoms with Gasteiger partial charge in [0.2, 0.25) is 0 Å². The predicted octanol–water partition coefficient (Wildman–Crippen LogP) is 2.86. The lowest BCUT2D eigenvalue weighted by atomic mass is 10.3. The van der Waals surface area contributed by atoms with E-state index in [1.165, 1.54) is 0 Å². The average Bonchev–Trinajstić information content (AvgIpc) is 1.85. The van der Waals surface area contributed by atoms with Gasteiger partial charge in [-0.15, -0.1) is 0 Å². The molecule has 0 rings (SSSR count). The molecular weight excluding hydrogens is 152 g/mol. The van der Waals surface area contributed by atoms with Crippen LogP contribution >= 0.6 is 0 Å². The normalized spacial score (nSPS) is 15.3. The van der Waals surface area contributed by atoms with Crippen molar-refractivity contribution in [2.75, 3.05) is 0 Å². The molecule has 0 amide bonds. The van der Waals surface area contributed by atoms with Crippen LogP contribution in [-0.2, 0) is 4.79 Å². The summed E-state index contributed by atoms with van der Waals surface area (Å²) >= 11 is 0. The molecule has 0 aliphatic carbocycles. The van der Waals surface area contributed by atoms with Crippen LogP contribution in [-0.4, -0.2) is 14.4 Å². The molecule has 0 aliphatic heterocycles. The van der Waals surface area contributed by atoms with E-state index in [2.05, 4.69) is 25.7 Å². The van der Waals surface area contributed by atoms with Crippen LogP contribution in [0.3, 0.4) is 0 Å². The molecule has 64 valence electrons. The second-order valence-corrected chi connectivity index (χ2v) is 9.37. The summed E-state index contributed by atoms with van der Waals surface area (Å²) in [5.41, 5.74) is 0.519. The van der Waals surface area contributed by atoms with E-state index in [-0.39, 0.29) is 0 Å². The third kappa shape index (κ3) is 4.14. The quantitative estimate of drug-likeness (QED) is 0.360. The molecule has 2 heteroatoms. The molecule has 0 saturated heterocycles. The largest absolute Gasteiger partial charge is 0.303 e. The molecule has 0 unspecified atom stereocenters. The Hall–Kier alpha value is -0.373. The smallest absolute Gasteiger partial charge is 0.120 e. The third-order valence-corrected chi connectivity index (χ3v) is 4.54. The lowest BCUT2D eigenvalue weighted by Gasteiger charge is -2.23. The van der Waals surface area contributed by atoms with Crippen LogP contribution in [0, 0.1) is 0 Å². The van der Waals surface area contributed by atoms with E-state index in [4.69, 9.17) is 0 Å². The Morgan fingerprint density at radius 1 is 1.36 bits per heavy atom. The summed E-state index contributed by atoms with van der Waals surface area (Å²) in [7, 11) is -1.15. The van der Waals surface area contributed by atoms with Crippen LogP contribution in [0.1, 0.15) is 13.3 Å². The number of hydrogen-bond acceptors (Lipinski definition) is 1. The zero-order chi connectivity index (χ0) is 8.91. The summed E-state index contributed by atoms with van der Waals surface area (Å²) in [6.45, 7) is 8.89. The molecule has 0 bridgehead atoms. The monoisotopic (exact) mass is 170 g/mol. The van der Waals surface area contributed by atoms with E-state index in [9.17, 15) is 4.79 Å². The first kappa shape index (κ1) is 10.6. The maximum Gasteiger partial charge on any atom is 0.120 e. The molecule has 0 saturated carbocycles. The highest BCUT2D eigenvalue weighted by Gasteiger charge is 2.23. The number of rotatable bonds is 4. The topological polar surface area (TPSA) is 17.1 Å². The number of hydrogen-bond donors (Lipinski definition) is 0. The van der Waals surface area contributed by atoms with Crippen molar-refractivity contribution in [1.82, 2.24) is 0 Å². The van der Waals surface area contributed by atoms with Crippen LogP contribution in [0.4, 0.5) is 0 Å². The number of carbonyl (C=O) groups is 1. The van der Waals surface area contributed by atoms with Gasteiger partial charge in [-0.2, -0.15) is 0 Å². The van der Waals surface area contributed by atoms with Gasteiger partial charge >= 0.3 is 0 Å². The molecule has 0 N–H and O–H groups in total. The van der Waals surface area contributed by atoms with Crippen molar-refractivity contribution >= 4 is 14.4 Å². The first-order chi connectivity index (χ1) is 5.02. The van der Waals surface area contributed by atoms with Gasteiger partial charge in [-0.25, -0.2) is 0 Å². The van der Waals surface area contributed by atoms with Crippen molar-refractivity contribution in [2.24, 2.45) is 0 Å². The van der Waals surface area contributed by atoms with Gasteiger partial charge in [0.1, 0.15) is 6.29 Å². The molecule has 0 fully saturated rings.